The van der Waals surface area contributed by atoms with E-state index in [1.54, 1.807) is 6.20 Å². The van der Waals surface area contributed by atoms with Crippen molar-refractivity contribution in [2.75, 3.05) is 11.9 Å². The molecular formula is C24H25N3O. The Morgan fingerprint density at radius 1 is 1.04 bits per heavy atom. The van der Waals surface area contributed by atoms with E-state index in [1.807, 2.05) is 43.5 Å². The van der Waals surface area contributed by atoms with Crippen molar-refractivity contribution < 1.29 is 4.79 Å². The van der Waals surface area contributed by atoms with Gasteiger partial charge in [0.2, 0.25) is 5.91 Å². The van der Waals surface area contributed by atoms with Gasteiger partial charge in [0.05, 0.1) is 18.3 Å². The van der Waals surface area contributed by atoms with E-state index in [9.17, 15) is 4.79 Å². The number of amides is 1. The number of hydrogen-bond acceptors (Lipinski definition) is 3. The minimum absolute atomic E-state index is 0.00534. The summed E-state index contributed by atoms with van der Waals surface area (Å²) in [6.45, 7) is 4.82. The van der Waals surface area contributed by atoms with Crippen LogP contribution in [0.4, 0.5) is 5.69 Å². The molecule has 1 aromatic heterocycles. The van der Waals surface area contributed by atoms with E-state index in [1.165, 1.54) is 22.3 Å². The molecule has 2 aromatic carbocycles. The molecule has 2 heterocycles. The third-order valence-electron chi connectivity index (χ3n) is 5.23. The predicted molar refractivity (Wildman–Crippen MR) is 112 cm³/mol. The number of anilines is 1. The maximum absolute atomic E-state index is 12.5. The van der Waals surface area contributed by atoms with Crippen LogP contribution in [0.25, 0.3) is 0 Å². The van der Waals surface area contributed by atoms with Gasteiger partial charge in [0.25, 0.3) is 0 Å². The topological polar surface area (TPSA) is 45.2 Å². The molecule has 0 aliphatic carbocycles. The van der Waals surface area contributed by atoms with Crippen LogP contribution in [0, 0.1) is 6.92 Å². The number of benzene rings is 2. The van der Waals surface area contributed by atoms with E-state index in [0.717, 1.165) is 37.3 Å². The van der Waals surface area contributed by atoms with Gasteiger partial charge < -0.3 is 5.32 Å². The van der Waals surface area contributed by atoms with Crippen LogP contribution >= 0.6 is 0 Å². The molecule has 1 N–H and O–H groups in total. The first kappa shape index (κ1) is 18.4. The SMILES string of the molecule is Cc1ccc(CC(=O)Nc2cncc3c2CCN(Cc2ccccc2)C3)cc1. The average molecular weight is 371 g/mol. The van der Waals surface area contributed by atoms with Gasteiger partial charge in [0, 0.05) is 25.8 Å². The van der Waals surface area contributed by atoms with E-state index < -0.39 is 0 Å². The lowest BCUT2D eigenvalue weighted by Crippen LogP contribution is -2.31. The summed E-state index contributed by atoms with van der Waals surface area (Å²) in [6.07, 6.45) is 5.01. The Morgan fingerprint density at radius 3 is 2.61 bits per heavy atom. The number of rotatable bonds is 5. The van der Waals surface area contributed by atoms with Crippen LogP contribution in [0.3, 0.4) is 0 Å². The van der Waals surface area contributed by atoms with E-state index >= 15 is 0 Å². The maximum Gasteiger partial charge on any atom is 0.228 e. The van der Waals surface area contributed by atoms with Crippen molar-refractivity contribution in [2.45, 2.75) is 32.9 Å². The standard InChI is InChI=1S/C24H25N3O/c1-18-7-9-19(10-8-18)13-24(28)26-23-15-25-14-21-17-27(12-11-22(21)23)16-20-5-3-2-4-6-20/h2-10,14-15H,11-13,16-17H2,1H3,(H,26,28). The Balaban J connectivity index is 1.42. The summed E-state index contributed by atoms with van der Waals surface area (Å²) in [6, 6.07) is 18.6. The van der Waals surface area contributed by atoms with Gasteiger partial charge in [0.1, 0.15) is 0 Å². The quantitative estimate of drug-likeness (QED) is 0.733. The van der Waals surface area contributed by atoms with Gasteiger partial charge in [-0.15, -0.1) is 0 Å². The smallest absolute Gasteiger partial charge is 0.228 e. The van der Waals surface area contributed by atoms with Crippen molar-refractivity contribution in [2.24, 2.45) is 0 Å². The number of carbonyl (C=O) groups excluding carboxylic acids is 1. The minimum Gasteiger partial charge on any atom is -0.324 e. The average Bonchev–Trinajstić information content (AvgIpc) is 2.70. The highest BCUT2D eigenvalue weighted by molar-refractivity contribution is 5.93. The van der Waals surface area contributed by atoms with Crippen LogP contribution in [-0.4, -0.2) is 22.3 Å². The van der Waals surface area contributed by atoms with Gasteiger partial charge in [-0.05, 0) is 35.6 Å². The number of nitrogens with zero attached hydrogens (tertiary/aromatic N) is 2. The Bertz CT molecular complexity index is 951. The van der Waals surface area contributed by atoms with Gasteiger partial charge in [-0.2, -0.15) is 0 Å². The molecule has 0 unspecified atom stereocenters. The molecule has 0 atom stereocenters. The molecule has 1 aliphatic rings. The first-order valence-corrected chi connectivity index (χ1v) is 9.75. The summed E-state index contributed by atoms with van der Waals surface area (Å²) in [7, 11) is 0. The second kappa shape index (κ2) is 8.36. The van der Waals surface area contributed by atoms with Gasteiger partial charge in [-0.1, -0.05) is 60.2 Å². The van der Waals surface area contributed by atoms with Crippen LogP contribution in [0.5, 0.6) is 0 Å². The van der Waals surface area contributed by atoms with E-state index in [-0.39, 0.29) is 5.91 Å². The zero-order valence-corrected chi connectivity index (χ0v) is 16.2. The van der Waals surface area contributed by atoms with Crippen molar-refractivity contribution in [3.63, 3.8) is 0 Å². The number of aryl methyl sites for hydroxylation is 1. The predicted octanol–water partition coefficient (Wildman–Crippen LogP) is 4.13. The number of nitrogens with one attached hydrogen (secondary N) is 1. The molecule has 0 radical (unpaired) electrons. The zero-order chi connectivity index (χ0) is 19.3. The molecule has 28 heavy (non-hydrogen) atoms. The third-order valence-corrected chi connectivity index (χ3v) is 5.23. The van der Waals surface area contributed by atoms with Crippen molar-refractivity contribution in [3.05, 3.63) is 94.8 Å². The molecule has 3 aromatic rings. The lowest BCUT2D eigenvalue weighted by Gasteiger charge is -2.29. The Morgan fingerprint density at radius 2 is 1.82 bits per heavy atom. The molecular weight excluding hydrogens is 346 g/mol. The highest BCUT2D eigenvalue weighted by atomic mass is 16.1. The van der Waals surface area contributed by atoms with Crippen LogP contribution < -0.4 is 5.32 Å². The van der Waals surface area contributed by atoms with Crippen LogP contribution in [-0.2, 0) is 30.7 Å². The fourth-order valence-corrected chi connectivity index (χ4v) is 3.72. The Labute approximate surface area is 166 Å². The van der Waals surface area contributed by atoms with E-state index in [4.69, 9.17) is 0 Å². The van der Waals surface area contributed by atoms with E-state index in [0.29, 0.717) is 6.42 Å². The van der Waals surface area contributed by atoms with Crippen molar-refractivity contribution >= 4 is 11.6 Å². The number of fused-ring (bicyclic) bond motifs is 1. The Kier molecular flexibility index (Phi) is 5.49. The summed E-state index contributed by atoms with van der Waals surface area (Å²) in [5.74, 6) is 0.00534. The normalized spacial score (nSPS) is 13.8. The molecule has 1 amide bonds. The fraction of sp³-hybridized carbons (Fsp3) is 0.250. The number of aromatic nitrogens is 1. The van der Waals surface area contributed by atoms with Gasteiger partial charge in [0.15, 0.2) is 0 Å². The number of hydrogen-bond donors (Lipinski definition) is 1. The Hall–Kier alpha value is -2.98. The van der Waals surface area contributed by atoms with Crippen LogP contribution in [0.2, 0.25) is 0 Å². The molecule has 4 heteroatoms. The molecule has 1 aliphatic heterocycles. The molecule has 4 rings (SSSR count). The third kappa shape index (κ3) is 4.46. The molecule has 0 fully saturated rings. The fourth-order valence-electron chi connectivity index (χ4n) is 3.72. The molecule has 0 saturated heterocycles. The molecule has 142 valence electrons. The monoisotopic (exact) mass is 371 g/mol. The van der Waals surface area contributed by atoms with Crippen molar-refractivity contribution in [1.29, 1.82) is 0 Å². The van der Waals surface area contributed by atoms with E-state index in [2.05, 4.69) is 39.5 Å². The summed E-state index contributed by atoms with van der Waals surface area (Å²) in [4.78, 5) is 19.3. The summed E-state index contributed by atoms with van der Waals surface area (Å²) in [5.41, 5.74) is 6.82. The zero-order valence-electron chi connectivity index (χ0n) is 16.2. The highest BCUT2D eigenvalue weighted by Gasteiger charge is 2.20. The summed E-state index contributed by atoms with van der Waals surface area (Å²) >= 11 is 0. The minimum atomic E-state index is 0.00534. The van der Waals surface area contributed by atoms with Gasteiger partial charge in [-0.25, -0.2) is 0 Å². The molecule has 4 nitrogen and oxygen atoms in total. The lowest BCUT2D eigenvalue weighted by molar-refractivity contribution is -0.115. The van der Waals surface area contributed by atoms with Gasteiger partial charge in [-0.3, -0.25) is 14.7 Å². The van der Waals surface area contributed by atoms with Gasteiger partial charge >= 0.3 is 0 Å². The highest BCUT2D eigenvalue weighted by Crippen LogP contribution is 2.26. The van der Waals surface area contributed by atoms with Crippen LogP contribution in [0.1, 0.15) is 27.8 Å². The number of carbonyl (C=O) groups is 1. The first-order valence-electron chi connectivity index (χ1n) is 9.75. The van der Waals surface area contributed by atoms with Crippen molar-refractivity contribution in [1.82, 2.24) is 9.88 Å². The number of pyridine rings is 1. The summed E-state index contributed by atoms with van der Waals surface area (Å²) < 4.78 is 0. The first-order chi connectivity index (χ1) is 13.7. The lowest BCUT2D eigenvalue weighted by atomic mass is 9.99. The molecule has 0 saturated carbocycles. The largest absolute Gasteiger partial charge is 0.324 e. The second-order valence-electron chi connectivity index (χ2n) is 7.48. The second-order valence-corrected chi connectivity index (χ2v) is 7.48. The van der Waals surface area contributed by atoms with Crippen molar-refractivity contribution in [3.8, 4) is 0 Å². The molecule has 0 spiro atoms. The summed E-state index contributed by atoms with van der Waals surface area (Å²) in [5, 5.41) is 3.08. The van der Waals surface area contributed by atoms with Crippen LogP contribution in [0.15, 0.2) is 67.0 Å². The molecule has 0 bridgehead atoms. The maximum atomic E-state index is 12.5.